The van der Waals surface area contributed by atoms with Crippen molar-refractivity contribution in [3.8, 4) is 5.88 Å². The molecule has 1 unspecified atom stereocenters. The van der Waals surface area contributed by atoms with Crippen molar-refractivity contribution < 1.29 is 9.13 Å². The van der Waals surface area contributed by atoms with Gasteiger partial charge in [0.15, 0.2) is 0 Å². The Labute approximate surface area is 111 Å². The van der Waals surface area contributed by atoms with E-state index in [1.165, 1.54) is 18.5 Å². The Balaban J connectivity index is 2.17. The first-order valence-corrected chi connectivity index (χ1v) is 5.96. The standard InChI is InChI=1S/C14H16FN3O/c1-9-5-10(15)3-4-12(9)13(16)6-11-7-14(19-2)18-8-17-11/h3-5,7-8,13H,6,16H2,1-2H3. The maximum Gasteiger partial charge on any atom is 0.216 e. The zero-order chi connectivity index (χ0) is 13.8. The Morgan fingerprint density at radius 1 is 1.32 bits per heavy atom. The van der Waals surface area contributed by atoms with Gasteiger partial charge in [-0.25, -0.2) is 14.4 Å². The highest BCUT2D eigenvalue weighted by molar-refractivity contribution is 5.30. The third-order valence-electron chi connectivity index (χ3n) is 2.97. The summed E-state index contributed by atoms with van der Waals surface area (Å²) in [6.45, 7) is 1.85. The van der Waals surface area contributed by atoms with Crippen LogP contribution in [0, 0.1) is 12.7 Å². The Morgan fingerprint density at radius 3 is 2.79 bits per heavy atom. The van der Waals surface area contributed by atoms with Gasteiger partial charge in [-0.05, 0) is 30.2 Å². The van der Waals surface area contributed by atoms with E-state index in [9.17, 15) is 4.39 Å². The largest absolute Gasteiger partial charge is 0.481 e. The Morgan fingerprint density at radius 2 is 2.11 bits per heavy atom. The van der Waals surface area contributed by atoms with Crippen molar-refractivity contribution >= 4 is 0 Å². The molecule has 0 bridgehead atoms. The fourth-order valence-electron chi connectivity index (χ4n) is 1.99. The maximum absolute atomic E-state index is 13.1. The molecule has 2 rings (SSSR count). The van der Waals surface area contributed by atoms with Gasteiger partial charge in [-0.3, -0.25) is 0 Å². The van der Waals surface area contributed by atoms with Crippen LogP contribution in [0.1, 0.15) is 22.9 Å². The minimum absolute atomic E-state index is 0.236. The fourth-order valence-corrected chi connectivity index (χ4v) is 1.99. The molecule has 0 saturated heterocycles. The Bertz CT molecular complexity index is 574. The Hall–Kier alpha value is -2.01. The summed E-state index contributed by atoms with van der Waals surface area (Å²) < 4.78 is 18.1. The van der Waals surface area contributed by atoms with Crippen LogP contribution in [0.15, 0.2) is 30.6 Å². The van der Waals surface area contributed by atoms with Crippen molar-refractivity contribution in [2.45, 2.75) is 19.4 Å². The minimum atomic E-state index is -0.253. The monoisotopic (exact) mass is 261 g/mol. The average molecular weight is 261 g/mol. The van der Waals surface area contributed by atoms with Gasteiger partial charge in [0.05, 0.1) is 7.11 Å². The van der Waals surface area contributed by atoms with Gasteiger partial charge in [0.25, 0.3) is 0 Å². The molecule has 0 amide bonds. The molecule has 1 heterocycles. The predicted octanol–water partition coefficient (Wildman–Crippen LogP) is 2.18. The molecule has 19 heavy (non-hydrogen) atoms. The van der Waals surface area contributed by atoms with Gasteiger partial charge in [0.2, 0.25) is 5.88 Å². The van der Waals surface area contributed by atoms with E-state index < -0.39 is 0 Å². The molecule has 0 saturated carbocycles. The van der Waals surface area contributed by atoms with Crippen LogP contribution >= 0.6 is 0 Å². The van der Waals surface area contributed by atoms with E-state index >= 15 is 0 Å². The molecule has 1 atom stereocenters. The third kappa shape index (κ3) is 3.26. The first-order chi connectivity index (χ1) is 9.10. The summed E-state index contributed by atoms with van der Waals surface area (Å²) in [5.41, 5.74) is 8.70. The summed E-state index contributed by atoms with van der Waals surface area (Å²) in [5, 5.41) is 0. The number of hydrogen-bond acceptors (Lipinski definition) is 4. The maximum atomic E-state index is 13.1. The molecule has 0 aliphatic rings. The summed E-state index contributed by atoms with van der Waals surface area (Å²) in [6.07, 6.45) is 1.99. The first-order valence-electron chi connectivity index (χ1n) is 5.96. The van der Waals surface area contributed by atoms with Crippen molar-refractivity contribution in [2.24, 2.45) is 5.73 Å². The molecular formula is C14H16FN3O. The van der Waals surface area contributed by atoms with E-state index in [4.69, 9.17) is 10.5 Å². The van der Waals surface area contributed by atoms with Crippen molar-refractivity contribution in [1.82, 2.24) is 9.97 Å². The van der Waals surface area contributed by atoms with E-state index in [1.807, 2.05) is 6.92 Å². The highest BCUT2D eigenvalue weighted by atomic mass is 19.1. The number of nitrogens with zero attached hydrogens (tertiary/aromatic N) is 2. The number of aromatic nitrogens is 2. The average Bonchev–Trinajstić information content (AvgIpc) is 2.38. The predicted molar refractivity (Wildman–Crippen MR) is 70.4 cm³/mol. The van der Waals surface area contributed by atoms with Crippen molar-refractivity contribution in [3.05, 3.63) is 53.2 Å². The molecule has 1 aromatic heterocycles. The summed E-state index contributed by atoms with van der Waals surface area (Å²) in [5.74, 6) is 0.255. The second-order valence-corrected chi connectivity index (χ2v) is 4.36. The van der Waals surface area contributed by atoms with Crippen LogP contribution in [-0.2, 0) is 6.42 Å². The molecule has 0 aliphatic carbocycles. The zero-order valence-electron chi connectivity index (χ0n) is 10.9. The SMILES string of the molecule is COc1cc(CC(N)c2ccc(F)cc2C)ncn1. The molecule has 100 valence electrons. The quantitative estimate of drug-likeness (QED) is 0.916. The third-order valence-corrected chi connectivity index (χ3v) is 2.97. The number of aryl methyl sites for hydroxylation is 1. The van der Waals surface area contributed by atoms with Gasteiger partial charge in [0, 0.05) is 24.2 Å². The second kappa shape index (κ2) is 5.75. The number of benzene rings is 1. The number of ether oxygens (including phenoxy) is 1. The smallest absolute Gasteiger partial charge is 0.216 e. The van der Waals surface area contributed by atoms with E-state index in [1.54, 1.807) is 19.2 Å². The van der Waals surface area contributed by atoms with Crippen LogP contribution in [-0.4, -0.2) is 17.1 Å². The van der Waals surface area contributed by atoms with E-state index in [0.717, 1.165) is 16.8 Å². The molecular weight excluding hydrogens is 245 g/mol. The fraction of sp³-hybridized carbons (Fsp3) is 0.286. The number of nitrogens with two attached hydrogens (primary N) is 1. The normalized spacial score (nSPS) is 12.2. The lowest BCUT2D eigenvalue weighted by Crippen LogP contribution is -2.15. The van der Waals surface area contributed by atoms with Crippen LogP contribution in [0.5, 0.6) is 5.88 Å². The highest BCUT2D eigenvalue weighted by Gasteiger charge is 2.12. The molecule has 5 heteroatoms. The van der Waals surface area contributed by atoms with Crippen molar-refractivity contribution in [2.75, 3.05) is 7.11 Å². The van der Waals surface area contributed by atoms with E-state index in [-0.39, 0.29) is 11.9 Å². The molecule has 1 aromatic carbocycles. The van der Waals surface area contributed by atoms with Crippen LogP contribution in [0.3, 0.4) is 0 Å². The van der Waals surface area contributed by atoms with Crippen LogP contribution in [0.2, 0.25) is 0 Å². The number of rotatable bonds is 4. The molecule has 0 fully saturated rings. The first kappa shape index (κ1) is 13.4. The number of hydrogen-bond donors (Lipinski definition) is 1. The summed E-state index contributed by atoms with van der Waals surface area (Å²) >= 11 is 0. The van der Waals surface area contributed by atoms with Crippen LogP contribution in [0.4, 0.5) is 4.39 Å². The molecule has 0 aliphatic heterocycles. The van der Waals surface area contributed by atoms with Crippen LogP contribution < -0.4 is 10.5 Å². The topological polar surface area (TPSA) is 61.0 Å². The van der Waals surface area contributed by atoms with Crippen molar-refractivity contribution in [3.63, 3.8) is 0 Å². The minimum Gasteiger partial charge on any atom is -0.481 e. The number of halogens is 1. The zero-order valence-corrected chi connectivity index (χ0v) is 10.9. The van der Waals surface area contributed by atoms with Gasteiger partial charge in [-0.1, -0.05) is 6.07 Å². The van der Waals surface area contributed by atoms with Gasteiger partial charge in [0.1, 0.15) is 12.1 Å². The van der Waals surface area contributed by atoms with Crippen LogP contribution in [0.25, 0.3) is 0 Å². The van der Waals surface area contributed by atoms with E-state index in [2.05, 4.69) is 9.97 Å². The lowest BCUT2D eigenvalue weighted by molar-refractivity contribution is 0.395. The van der Waals surface area contributed by atoms with Crippen molar-refractivity contribution in [1.29, 1.82) is 0 Å². The summed E-state index contributed by atoms with van der Waals surface area (Å²) in [6, 6.07) is 6.13. The number of methoxy groups -OCH3 is 1. The summed E-state index contributed by atoms with van der Waals surface area (Å²) in [7, 11) is 1.55. The lowest BCUT2D eigenvalue weighted by Gasteiger charge is -2.14. The van der Waals surface area contributed by atoms with Gasteiger partial charge in [-0.2, -0.15) is 0 Å². The molecule has 0 radical (unpaired) electrons. The van der Waals surface area contributed by atoms with Gasteiger partial charge >= 0.3 is 0 Å². The molecule has 4 nitrogen and oxygen atoms in total. The van der Waals surface area contributed by atoms with Gasteiger partial charge < -0.3 is 10.5 Å². The van der Waals surface area contributed by atoms with E-state index in [0.29, 0.717) is 12.3 Å². The lowest BCUT2D eigenvalue weighted by atomic mass is 9.98. The second-order valence-electron chi connectivity index (χ2n) is 4.36. The highest BCUT2D eigenvalue weighted by Crippen LogP contribution is 2.20. The molecule has 2 aromatic rings. The summed E-state index contributed by atoms with van der Waals surface area (Å²) in [4.78, 5) is 8.10. The van der Waals surface area contributed by atoms with Gasteiger partial charge in [-0.15, -0.1) is 0 Å². The Kier molecular flexibility index (Phi) is 4.06. The molecule has 0 spiro atoms. The molecule has 2 N–H and O–H groups in total.